The number of para-hydroxylation sites is 2. The number of hydrogen-bond donors (Lipinski definition) is 0. The van der Waals surface area contributed by atoms with Crippen molar-refractivity contribution in [3.05, 3.63) is 79.1 Å². The predicted octanol–water partition coefficient (Wildman–Crippen LogP) is 5.93. The molecule has 0 unspecified atom stereocenters. The Morgan fingerprint density at radius 3 is 2.44 bits per heavy atom. The Morgan fingerprint density at radius 2 is 1.62 bits per heavy atom. The van der Waals surface area contributed by atoms with Crippen LogP contribution in [-0.4, -0.2) is 32.8 Å². The van der Waals surface area contributed by atoms with Gasteiger partial charge in [-0.15, -0.1) is 0 Å². The van der Waals surface area contributed by atoms with Crippen LogP contribution >= 0.6 is 0 Å². The summed E-state index contributed by atoms with van der Waals surface area (Å²) < 4.78 is 9.99. The number of rotatable bonds is 3. The summed E-state index contributed by atoms with van der Waals surface area (Å²) in [5.41, 5.74) is 5.04. The number of imidazole rings is 1. The van der Waals surface area contributed by atoms with Gasteiger partial charge < -0.3 is 0 Å². The van der Waals surface area contributed by atoms with Gasteiger partial charge in [0, 0.05) is 0 Å². The molecule has 156 valence electrons. The molecule has 0 aliphatic carbocycles. The first-order valence-electron chi connectivity index (χ1n) is 10.7. The van der Waals surface area contributed by atoms with E-state index in [4.69, 9.17) is 9.40 Å². The third kappa shape index (κ3) is 2.96. The minimum atomic E-state index is -1.97. The van der Waals surface area contributed by atoms with E-state index in [1.54, 1.807) is 12.4 Å². The van der Waals surface area contributed by atoms with Gasteiger partial charge in [0.2, 0.25) is 0 Å². The molecular weight excluding hydrogens is 457 g/mol. The van der Waals surface area contributed by atoms with Gasteiger partial charge in [-0.05, 0) is 0 Å². The van der Waals surface area contributed by atoms with Crippen LogP contribution in [0.4, 0.5) is 0 Å². The Morgan fingerprint density at radius 1 is 0.812 bits per heavy atom. The number of fused-ring (bicyclic) bond motifs is 4. The van der Waals surface area contributed by atoms with Gasteiger partial charge in [-0.3, -0.25) is 0 Å². The van der Waals surface area contributed by atoms with E-state index in [2.05, 4.69) is 80.3 Å². The quantitative estimate of drug-likeness (QED) is 0.296. The molecule has 6 aromatic rings. The van der Waals surface area contributed by atoms with Crippen molar-refractivity contribution in [3.8, 4) is 17.1 Å². The van der Waals surface area contributed by atoms with E-state index in [0.29, 0.717) is 5.65 Å². The summed E-state index contributed by atoms with van der Waals surface area (Å²) in [5, 5.41) is 2.23. The molecule has 6 rings (SSSR count). The number of aromatic nitrogens is 4. The average molecular weight is 479 g/mol. The Balaban J connectivity index is 1.67. The fourth-order valence-corrected chi connectivity index (χ4v) is 6.66. The van der Waals surface area contributed by atoms with Crippen molar-refractivity contribution in [2.45, 2.75) is 17.3 Å². The fourth-order valence-electron chi connectivity index (χ4n) is 4.25. The first kappa shape index (κ1) is 19.3. The van der Waals surface area contributed by atoms with E-state index in [1.807, 2.05) is 18.2 Å². The van der Waals surface area contributed by atoms with Crippen molar-refractivity contribution >= 4 is 50.9 Å². The zero-order valence-corrected chi connectivity index (χ0v) is 20.3. The summed E-state index contributed by atoms with van der Waals surface area (Å²) >= 11 is -1.97. The van der Waals surface area contributed by atoms with Gasteiger partial charge in [0.25, 0.3) is 0 Å². The molecule has 0 amide bonds. The van der Waals surface area contributed by atoms with Gasteiger partial charge >= 0.3 is 188 Å². The predicted molar refractivity (Wildman–Crippen MR) is 132 cm³/mol. The molecule has 0 fully saturated rings. The average Bonchev–Trinajstić information content (AvgIpc) is 3.37. The van der Waals surface area contributed by atoms with Crippen LogP contribution in [0.2, 0.25) is 17.3 Å². The topological polar surface area (TPSA) is 56.7 Å². The Labute approximate surface area is 188 Å². The summed E-state index contributed by atoms with van der Waals surface area (Å²) in [6, 6.07) is 23.1. The van der Waals surface area contributed by atoms with E-state index in [0.717, 1.165) is 44.7 Å². The number of furan rings is 1. The molecular formula is C26H22GeN4O. The number of hydrogen-bond acceptors (Lipinski definition) is 4. The standard InChI is InChI=1S/C26H22GeN4O/c1-27(2,3)17-12-13-19-20-10-7-11-21(23(20)32-22(19)16-17)25-30-24-26(29-15-14-28-24)31(25)18-8-5-4-6-9-18/h4-16H,1-3H3. The van der Waals surface area contributed by atoms with E-state index in [1.165, 1.54) is 4.40 Å². The van der Waals surface area contributed by atoms with Crippen molar-refractivity contribution in [2.24, 2.45) is 0 Å². The molecule has 6 heteroatoms. The van der Waals surface area contributed by atoms with Crippen molar-refractivity contribution < 1.29 is 4.42 Å². The van der Waals surface area contributed by atoms with Gasteiger partial charge in [0.15, 0.2) is 0 Å². The van der Waals surface area contributed by atoms with Crippen molar-refractivity contribution in [1.82, 2.24) is 19.5 Å². The molecule has 5 nitrogen and oxygen atoms in total. The van der Waals surface area contributed by atoms with Gasteiger partial charge in [-0.25, -0.2) is 0 Å². The van der Waals surface area contributed by atoms with Crippen LogP contribution in [0.15, 0.2) is 83.5 Å². The van der Waals surface area contributed by atoms with Crippen molar-refractivity contribution in [2.75, 3.05) is 0 Å². The van der Waals surface area contributed by atoms with Crippen LogP contribution in [0.3, 0.4) is 0 Å². The summed E-state index contributed by atoms with van der Waals surface area (Å²) in [7, 11) is 0. The van der Waals surface area contributed by atoms with Crippen LogP contribution in [0.25, 0.3) is 50.3 Å². The SMILES string of the molecule is [CH3][Ge]([CH3])([CH3])[c]1ccc2c(c1)oc1c(-c3nc4nccnc4n3-c3ccccc3)cccc12. The zero-order chi connectivity index (χ0) is 21.9. The molecule has 32 heavy (non-hydrogen) atoms. The van der Waals surface area contributed by atoms with Gasteiger partial charge in [-0.2, -0.15) is 0 Å². The van der Waals surface area contributed by atoms with Gasteiger partial charge in [-0.1, -0.05) is 0 Å². The Bertz CT molecular complexity index is 1610. The summed E-state index contributed by atoms with van der Waals surface area (Å²) in [5.74, 6) is 7.97. The molecule has 0 saturated heterocycles. The molecule has 0 saturated carbocycles. The van der Waals surface area contributed by atoms with Crippen LogP contribution in [-0.2, 0) is 0 Å². The molecule has 3 aromatic carbocycles. The summed E-state index contributed by atoms with van der Waals surface area (Å²) in [6.07, 6.45) is 3.38. The molecule has 0 spiro atoms. The second-order valence-corrected chi connectivity index (χ2v) is 19.7. The van der Waals surface area contributed by atoms with Crippen LogP contribution in [0, 0.1) is 0 Å². The maximum absolute atomic E-state index is 6.50. The van der Waals surface area contributed by atoms with Crippen LogP contribution < -0.4 is 4.40 Å². The molecule has 0 radical (unpaired) electrons. The Hall–Kier alpha value is -3.45. The first-order chi connectivity index (χ1) is 15.5. The van der Waals surface area contributed by atoms with E-state index in [-0.39, 0.29) is 0 Å². The van der Waals surface area contributed by atoms with E-state index >= 15 is 0 Å². The minimum absolute atomic E-state index is 0.614. The summed E-state index contributed by atoms with van der Waals surface area (Å²) in [4.78, 5) is 13.9. The zero-order valence-electron chi connectivity index (χ0n) is 18.2. The molecule has 3 heterocycles. The molecule has 0 aliphatic rings. The molecule has 0 N–H and O–H groups in total. The second-order valence-electron chi connectivity index (χ2n) is 9.06. The van der Waals surface area contributed by atoms with Crippen molar-refractivity contribution in [1.29, 1.82) is 0 Å². The molecule has 0 aliphatic heterocycles. The first-order valence-corrected chi connectivity index (χ1v) is 18.1. The number of benzene rings is 3. The third-order valence-corrected chi connectivity index (χ3v) is 10.2. The van der Waals surface area contributed by atoms with E-state index < -0.39 is 13.3 Å². The normalized spacial score (nSPS) is 12.2. The van der Waals surface area contributed by atoms with Gasteiger partial charge in [0.05, 0.1) is 0 Å². The third-order valence-electron chi connectivity index (χ3n) is 5.92. The molecule has 0 atom stereocenters. The molecule has 0 bridgehead atoms. The van der Waals surface area contributed by atoms with Crippen LogP contribution in [0.1, 0.15) is 0 Å². The van der Waals surface area contributed by atoms with Crippen LogP contribution in [0.5, 0.6) is 0 Å². The van der Waals surface area contributed by atoms with Gasteiger partial charge in [0.1, 0.15) is 0 Å². The summed E-state index contributed by atoms with van der Waals surface area (Å²) in [6.45, 7) is 0. The molecule has 3 aromatic heterocycles. The van der Waals surface area contributed by atoms with E-state index in [9.17, 15) is 0 Å². The fraction of sp³-hybridized carbons (Fsp3) is 0.115. The number of nitrogens with zero attached hydrogens (tertiary/aromatic N) is 4. The Kier molecular flexibility index (Phi) is 4.23. The van der Waals surface area contributed by atoms with Crippen molar-refractivity contribution in [3.63, 3.8) is 0 Å². The maximum atomic E-state index is 6.50. The second kappa shape index (κ2) is 7.03. The monoisotopic (exact) mass is 480 g/mol.